The molecule has 0 bridgehead atoms. The van der Waals surface area contributed by atoms with E-state index in [0.29, 0.717) is 6.61 Å². The van der Waals surface area contributed by atoms with Gasteiger partial charge < -0.3 is 14.2 Å². The van der Waals surface area contributed by atoms with Gasteiger partial charge >= 0.3 is 6.16 Å². The monoisotopic (exact) mass is 176 g/mol. The molecule has 1 aliphatic heterocycles. The van der Waals surface area contributed by atoms with Gasteiger partial charge in [-0.2, -0.15) is 0 Å². The van der Waals surface area contributed by atoms with E-state index < -0.39 is 6.16 Å². The summed E-state index contributed by atoms with van der Waals surface area (Å²) in [5.41, 5.74) is 0. The van der Waals surface area contributed by atoms with E-state index in [9.17, 15) is 4.79 Å². The Morgan fingerprint density at radius 2 is 2.00 bits per heavy atom. The first-order valence-corrected chi connectivity index (χ1v) is 4.09. The molecule has 0 unspecified atom stereocenters. The van der Waals surface area contributed by atoms with E-state index in [0.717, 1.165) is 13.2 Å². The van der Waals surface area contributed by atoms with Gasteiger partial charge in [-0.05, 0) is 19.8 Å². The molecular formula is C8H16O4. The average molecular weight is 176 g/mol. The topological polar surface area (TPSA) is 44.8 Å². The second kappa shape index (κ2) is 8.33. The third kappa shape index (κ3) is 7.34. The van der Waals surface area contributed by atoms with Gasteiger partial charge in [0.25, 0.3) is 0 Å². The minimum atomic E-state index is -0.623. The first kappa shape index (κ1) is 11.2. The Balaban J connectivity index is 0.000000211. The SMILES string of the molecule is C1CCOC1.CCOC(=O)OC. The normalized spacial score (nSPS) is 14.5. The molecule has 72 valence electrons. The smallest absolute Gasteiger partial charge is 0.438 e. The molecule has 12 heavy (non-hydrogen) atoms. The van der Waals surface area contributed by atoms with Crippen LogP contribution < -0.4 is 0 Å². The number of rotatable bonds is 1. The van der Waals surface area contributed by atoms with Gasteiger partial charge in [0, 0.05) is 13.2 Å². The lowest BCUT2D eigenvalue weighted by Gasteiger charge is -1.94. The molecule has 4 heteroatoms. The largest absolute Gasteiger partial charge is 0.507 e. The minimum Gasteiger partial charge on any atom is -0.438 e. The Bertz CT molecular complexity index is 102. The molecule has 0 aromatic heterocycles. The van der Waals surface area contributed by atoms with Gasteiger partial charge in [-0.3, -0.25) is 0 Å². The zero-order valence-electron chi connectivity index (χ0n) is 7.67. The molecule has 0 aromatic rings. The first-order chi connectivity index (χ1) is 5.81. The summed E-state index contributed by atoms with van der Waals surface area (Å²) in [5.74, 6) is 0. The van der Waals surface area contributed by atoms with Crippen LogP contribution in [-0.2, 0) is 14.2 Å². The van der Waals surface area contributed by atoms with Crippen molar-refractivity contribution < 1.29 is 19.0 Å². The van der Waals surface area contributed by atoms with Crippen LogP contribution in [0.4, 0.5) is 4.79 Å². The maximum Gasteiger partial charge on any atom is 0.507 e. The third-order valence-corrected chi connectivity index (χ3v) is 1.26. The van der Waals surface area contributed by atoms with E-state index in [1.165, 1.54) is 20.0 Å². The molecule has 0 saturated carbocycles. The summed E-state index contributed by atoms with van der Waals surface area (Å²) in [5, 5.41) is 0. The van der Waals surface area contributed by atoms with E-state index in [1.54, 1.807) is 6.92 Å². The van der Waals surface area contributed by atoms with Crippen LogP contribution in [0.2, 0.25) is 0 Å². The van der Waals surface area contributed by atoms with Crippen LogP contribution in [-0.4, -0.2) is 33.1 Å². The van der Waals surface area contributed by atoms with Crippen LogP contribution in [0.3, 0.4) is 0 Å². The third-order valence-electron chi connectivity index (χ3n) is 1.26. The fraction of sp³-hybridized carbons (Fsp3) is 0.875. The molecule has 0 aromatic carbocycles. The Hall–Kier alpha value is -0.770. The Labute approximate surface area is 72.8 Å². The molecule has 0 atom stereocenters. The van der Waals surface area contributed by atoms with Gasteiger partial charge in [-0.1, -0.05) is 0 Å². The van der Waals surface area contributed by atoms with Crippen molar-refractivity contribution >= 4 is 6.16 Å². The molecule has 0 amide bonds. The highest BCUT2D eigenvalue weighted by atomic mass is 16.7. The highest BCUT2D eigenvalue weighted by molar-refractivity contribution is 5.59. The summed E-state index contributed by atoms with van der Waals surface area (Å²) in [6, 6.07) is 0. The van der Waals surface area contributed by atoms with Crippen molar-refractivity contribution in [1.29, 1.82) is 0 Å². The predicted molar refractivity (Wildman–Crippen MR) is 44.1 cm³/mol. The highest BCUT2D eigenvalue weighted by Crippen LogP contribution is 1.98. The lowest BCUT2D eigenvalue weighted by atomic mass is 10.4. The standard InChI is InChI=1S/C4H8O3.C4H8O/c1-3-7-4(5)6-2;1-2-4-5-3-1/h3H2,1-2H3;1-4H2. The number of methoxy groups -OCH3 is 1. The molecule has 1 heterocycles. The predicted octanol–water partition coefficient (Wildman–Crippen LogP) is 1.59. The van der Waals surface area contributed by atoms with Crippen LogP contribution >= 0.6 is 0 Å². The van der Waals surface area contributed by atoms with Gasteiger partial charge in [-0.15, -0.1) is 0 Å². The molecular weight excluding hydrogens is 160 g/mol. The second-order valence-corrected chi connectivity index (χ2v) is 2.21. The van der Waals surface area contributed by atoms with E-state index in [2.05, 4.69) is 9.47 Å². The molecule has 1 saturated heterocycles. The van der Waals surface area contributed by atoms with Crippen molar-refractivity contribution in [1.82, 2.24) is 0 Å². The summed E-state index contributed by atoms with van der Waals surface area (Å²) in [7, 11) is 1.28. The van der Waals surface area contributed by atoms with Gasteiger partial charge in [0.05, 0.1) is 13.7 Å². The number of ether oxygens (including phenoxy) is 3. The quantitative estimate of drug-likeness (QED) is 0.569. The molecule has 0 radical (unpaired) electrons. The Kier molecular flexibility index (Phi) is 7.79. The average Bonchev–Trinajstić information content (AvgIpc) is 2.62. The van der Waals surface area contributed by atoms with Crippen LogP contribution in [0.15, 0.2) is 0 Å². The fourth-order valence-corrected chi connectivity index (χ4v) is 0.687. The number of carbonyl (C=O) groups excluding carboxylic acids is 1. The lowest BCUT2D eigenvalue weighted by molar-refractivity contribution is 0.0771. The summed E-state index contributed by atoms with van der Waals surface area (Å²) < 4.78 is 13.4. The minimum absolute atomic E-state index is 0.368. The van der Waals surface area contributed by atoms with Gasteiger partial charge in [0.15, 0.2) is 0 Å². The van der Waals surface area contributed by atoms with Gasteiger partial charge in [0.2, 0.25) is 0 Å². The summed E-state index contributed by atoms with van der Waals surface area (Å²) in [6.07, 6.45) is 1.93. The second-order valence-electron chi connectivity index (χ2n) is 2.21. The molecule has 1 fully saturated rings. The first-order valence-electron chi connectivity index (χ1n) is 4.09. The van der Waals surface area contributed by atoms with E-state index in [1.807, 2.05) is 0 Å². The van der Waals surface area contributed by atoms with Crippen LogP contribution in [0, 0.1) is 0 Å². The number of carbonyl (C=O) groups is 1. The summed E-state index contributed by atoms with van der Waals surface area (Å²) >= 11 is 0. The molecule has 4 nitrogen and oxygen atoms in total. The molecule has 1 rings (SSSR count). The van der Waals surface area contributed by atoms with Crippen LogP contribution in [0.5, 0.6) is 0 Å². The maximum atomic E-state index is 9.97. The molecule has 0 spiro atoms. The lowest BCUT2D eigenvalue weighted by Crippen LogP contribution is -2.02. The van der Waals surface area contributed by atoms with Crippen molar-refractivity contribution in [2.75, 3.05) is 26.9 Å². The maximum absolute atomic E-state index is 9.97. The molecule has 0 N–H and O–H groups in total. The zero-order valence-corrected chi connectivity index (χ0v) is 7.67. The molecule has 0 aliphatic carbocycles. The molecule has 1 aliphatic rings. The van der Waals surface area contributed by atoms with E-state index >= 15 is 0 Å². The zero-order chi connectivity index (χ0) is 9.23. The van der Waals surface area contributed by atoms with Gasteiger partial charge in [0.1, 0.15) is 0 Å². The van der Waals surface area contributed by atoms with Crippen LogP contribution in [0.25, 0.3) is 0 Å². The van der Waals surface area contributed by atoms with Crippen LogP contribution in [0.1, 0.15) is 19.8 Å². The van der Waals surface area contributed by atoms with E-state index in [4.69, 9.17) is 4.74 Å². The van der Waals surface area contributed by atoms with Crippen molar-refractivity contribution in [3.8, 4) is 0 Å². The Morgan fingerprint density at radius 1 is 1.42 bits per heavy atom. The van der Waals surface area contributed by atoms with Crippen molar-refractivity contribution in [2.24, 2.45) is 0 Å². The number of hydrogen-bond donors (Lipinski definition) is 0. The fourth-order valence-electron chi connectivity index (χ4n) is 0.687. The number of hydrogen-bond acceptors (Lipinski definition) is 4. The van der Waals surface area contributed by atoms with Gasteiger partial charge in [-0.25, -0.2) is 4.79 Å². The van der Waals surface area contributed by atoms with Crippen molar-refractivity contribution in [3.05, 3.63) is 0 Å². The Morgan fingerprint density at radius 3 is 2.17 bits per heavy atom. The highest BCUT2D eigenvalue weighted by Gasteiger charge is 1.94. The van der Waals surface area contributed by atoms with Crippen molar-refractivity contribution in [3.63, 3.8) is 0 Å². The van der Waals surface area contributed by atoms with Crippen molar-refractivity contribution in [2.45, 2.75) is 19.8 Å². The summed E-state index contributed by atoms with van der Waals surface area (Å²) in [6.45, 7) is 4.09. The van der Waals surface area contributed by atoms with E-state index in [-0.39, 0.29) is 0 Å². The summed E-state index contributed by atoms with van der Waals surface area (Å²) in [4.78, 5) is 9.97.